The number of benzene rings is 2. The SMILES string of the molecule is COc1ccc(-c2cc(=O)c3c(O)c(O)c(OC4OC(CO)C(O)C(O)C4OC4OC(CO)C(O)C(O)C4O)cc3o2)cc1. The van der Waals surface area contributed by atoms with E-state index in [4.69, 9.17) is 28.1 Å². The van der Waals surface area contributed by atoms with Crippen LogP contribution in [0, 0.1) is 0 Å². The average Bonchev–Trinajstić information content (AvgIpc) is 3.02. The standard InChI is InChI=1S/C28H32O16/c1-39-11-4-2-10(3-5-11)13-6-12(31)18-14(40-13)7-15(19(32)22(18)35)41-28-26(24(37)21(34)17(9-30)43-28)44-27-25(38)23(36)20(33)16(8-29)42-27/h2-7,16-17,20-21,23-30,32-38H,8-9H2,1H3. The predicted molar refractivity (Wildman–Crippen MR) is 145 cm³/mol. The first-order chi connectivity index (χ1) is 21.0. The molecule has 0 amide bonds. The molecule has 240 valence electrons. The van der Waals surface area contributed by atoms with Gasteiger partial charge < -0.3 is 74.1 Å². The largest absolute Gasteiger partial charge is 0.504 e. The van der Waals surface area contributed by atoms with Crippen LogP contribution in [-0.4, -0.2) is 128 Å². The lowest BCUT2D eigenvalue weighted by Crippen LogP contribution is -2.65. The second-order valence-electron chi connectivity index (χ2n) is 10.3. The van der Waals surface area contributed by atoms with Gasteiger partial charge in [-0.2, -0.15) is 0 Å². The maximum atomic E-state index is 12.9. The Balaban J connectivity index is 1.50. The quantitative estimate of drug-likeness (QED) is 0.121. The van der Waals surface area contributed by atoms with Crippen LogP contribution >= 0.6 is 0 Å². The van der Waals surface area contributed by atoms with Crippen LogP contribution < -0.4 is 14.9 Å². The van der Waals surface area contributed by atoms with Gasteiger partial charge in [0.05, 0.1) is 20.3 Å². The molecular formula is C28H32O16. The van der Waals surface area contributed by atoms with Crippen molar-refractivity contribution in [2.75, 3.05) is 20.3 Å². The van der Waals surface area contributed by atoms with Crippen LogP contribution in [0.4, 0.5) is 0 Å². The number of phenolic OH excluding ortho intramolecular Hbond substituents is 2. The van der Waals surface area contributed by atoms with Crippen LogP contribution in [0.2, 0.25) is 0 Å². The normalized spacial score (nSPS) is 32.5. The third kappa shape index (κ3) is 5.80. The molecule has 0 saturated carbocycles. The van der Waals surface area contributed by atoms with Crippen molar-refractivity contribution >= 4 is 11.0 Å². The first-order valence-electron chi connectivity index (χ1n) is 13.4. The number of hydrogen-bond acceptors (Lipinski definition) is 16. The molecule has 10 unspecified atom stereocenters. The van der Waals surface area contributed by atoms with E-state index in [0.717, 1.165) is 12.1 Å². The molecule has 16 heteroatoms. The Bertz CT molecular complexity index is 1510. The van der Waals surface area contributed by atoms with Gasteiger partial charge in [-0.3, -0.25) is 4.79 Å². The molecule has 5 rings (SSSR count). The van der Waals surface area contributed by atoms with Crippen LogP contribution in [0.15, 0.2) is 45.6 Å². The number of hydrogen-bond donors (Lipinski definition) is 9. The Morgan fingerprint density at radius 2 is 1.39 bits per heavy atom. The molecule has 2 aliphatic rings. The lowest BCUT2D eigenvalue weighted by Gasteiger charge is -2.45. The smallest absolute Gasteiger partial charge is 0.229 e. The third-order valence-electron chi connectivity index (χ3n) is 7.51. The number of ether oxygens (including phenoxy) is 5. The summed E-state index contributed by atoms with van der Waals surface area (Å²) in [5.41, 5.74) is -0.450. The molecule has 3 heterocycles. The lowest BCUT2D eigenvalue weighted by molar-refractivity contribution is -0.358. The number of rotatable bonds is 8. The second kappa shape index (κ2) is 12.8. The molecule has 44 heavy (non-hydrogen) atoms. The topological polar surface area (TPSA) is 258 Å². The molecule has 9 N–H and O–H groups in total. The minimum absolute atomic E-state index is 0.0952. The molecule has 2 fully saturated rings. The molecule has 2 aromatic carbocycles. The number of methoxy groups -OCH3 is 1. The number of fused-ring (bicyclic) bond motifs is 1. The summed E-state index contributed by atoms with van der Waals surface area (Å²) in [6.07, 6.45) is -17.3. The number of aromatic hydroxyl groups is 2. The molecule has 10 atom stereocenters. The predicted octanol–water partition coefficient (Wildman–Crippen LogP) is -2.12. The van der Waals surface area contributed by atoms with Crippen molar-refractivity contribution < 1.29 is 74.1 Å². The summed E-state index contributed by atoms with van der Waals surface area (Å²) in [6, 6.07) is 8.68. The zero-order valence-corrected chi connectivity index (χ0v) is 23.0. The van der Waals surface area contributed by atoms with Crippen molar-refractivity contribution in [2.24, 2.45) is 0 Å². The number of aliphatic hydroxyl groups is 7. The first-order valence-corrected chi connectivity index (χ1v) is 13.4. The second-order valence-corrected chi connectivity index (χ2v) is 10.3. The first kappa shape index (κ1) is 31.9. The zero-order chi connectivity index (χ0) is 31.9. The highest BCUT2D eigenvalue weighted by atomic mass is 16.8. The Morgan fingerprint density at radius 3 is 2.00 bits per heavy atom. The van der Waals surface area contributed by atoms with Crippen LogP contribution in [-0.2, 0) is 14.2 Å². The molecular weight excluding hydrogens is 592 g/mol. The Morgan fingerprint density at radius 1 is 0.773 bits per heavy atom. The van der Waals surface area contributed by atoms with E-state index in [1.54, 1.807) is 24.3 Å². The summed E-state index contributed by atoms with van der Waals surface area (Å²) in [6.45, 7) is -1.59. The van der Waals surface area contributed by atoms with E-state index in [1.165, 1.54) is 7.11 Å². The fraction of sp³-hybridized carbons (Fsp3) is 0.464. The van der Waals surface area contributed by atoms with E-state index in [2.05, 4.69) is 0 Å². The highest BCUT2D eigenvalue weighted by molar-refractivity contribution is 5.89. The maximum Gasteiger partial charge on any atom is 0.229 e. The maximum absolute atomic E-state index is 12.9. The van der Waals surface area contributed by atoms with Crippen molar-refractivity contribution in [2.45, 2.75) is 61.4 Å². The van der Waals surface area contributed by atoms with Crippen molar-refractivity contribution in [1.82, 2.24) is 0 Å². The fourth-order valence-corrected chi connectivity index (χ4v) is 5.01. The molecule has 16 nitrogen and oxygen atoms in total. The van der Waals surface area contributed by atoms with Gasteiger partial charge in [-0.1, -0.05) is 0 Å². The fourth-order valence-electron chi connectivity index (χ4n) is 5.01. The van der Waals surface area contributed by atoms with Crippen LogP contribution in [0.1, 0.15) is 0 Å². The van der Waals surface area contributed by atoms with Gasteiger partial charge in [-0.15, -0.1) is 0 Å². The molecule has 0 spiro atoms. The average molecular weight is 625 g/mol. The molecule has 0 bridgehead atoms. The lowest BCUT2D eigenvalue weighted by atomic mass is 9.97. The van der Waals surface area contributed by atoms with Gasteiger partial charge >= 0.3 is 0 Å². The Kier molecular flexibility index (Phi) is 9.28. The molecule has 3 aromatic rings. The van der Waals surface area contributed by atoms with Gasteiger partial charge in [-0.25, -0.2) is 0 Å². The molecule has 0 radical (unpaired) electrons. The summed E-state index contributed by atoms with van der Waals surface area (Å²) in [5.74, 6) is -1.74. The summed E-state index contributed by atoms with van der Waals surface area (Å²) in [7, 11) is 1.49. The molecule has 2 saturated heterocycles. The van der Waals surface area contributed by atoms with E-state index in [-0.39, 0.29) is 16.7 Å². The molecule has 1 aromatic heterocycles. The summed E-state index contributed by atoms with van der Waals surface area (Å²) >= 11 is 0. The van der Waals surface area contributed by atoms with Gasteiger partial charge in [-0.05, 0) is 24.3 Å². The number of aliphatic hydroxyl groups excluding tert-OH is 7. The van der Waals surface area contributed by atoms with Crippen molar-refractivity contribution in [3.05, 3.63) is 46.6 Å². The van der Waals surface area contributed by atoms with E-state index < -0.39 is 97.3 Å². The van der Waals surface area contributed by atoms with Crippen molar-refractivity contribution in [3.63, 3.8) is 0 Å². The van der Waals surface area contributed by atoms with Crippen molar-refractivity contribution in [1.29, 1.82) is 0 Å². The minimum Gasteiger partial charge on any atom is -0.504 e. The summed E-state index contributed by atoms with van der Waals surface area (Å²) in [5, 5.41) is 92.2. The highest BCUT2D eigenvalue weighted by Crippen LogP contribution is 2.43. The van der Waals surface area contributed by atoms with Crippen LogP contribution in [0.5, 0.6) is 23.0 Å². The van der Waals surface area contributed by atoms with E-state index in [1.807, 2.05) is 0 Å². The van der Waals surface area contributed by atoms with Crippen LogP contribution in [0.25, 0.3) is 22.3 Å². The van der Waals surface area contributed by atoms with E-state index in [0.29, 0.717) is 11.3 Å². The van der Waals surface area contributed by atoms with Gasteiger partial charge in [0.25, 0.3) is 0 Å². The summed E-state index contributed by atoms with van der Waals surface area (Å²) in [4.78, 5) is 12.9. The van der Waals surface area contributed by atoms with Gasteiger partial charge in [0.1, 0.15) is 65.2 Å². The Hall–Kier alpha value is -3.55. The summed E-state index contributed by atoms with van der Waals surface area (Å²) < 4.78 is 33.2. The highest BCUT2D eigenvalue weighted by Gasteiger charge is 2.51. The zero-order valence-electron chi connectivity index (χ0n) is 23.0. The molecule has 2 aliphatic heterocycles. The van der Waals surface area contributed by atoms with E-state index >= 15 is 0 Å². The van der Waals surface area contributed by atoms with Crippen molar-refractivity contribution in [3.8, 4) is 34.3 Å². The van der Waals surface area contributed by atoms with Gasteiger partial charge in [0.2, 0.25) is 12.0 Å². The Labute approximate surface area is 248 Å². The molecule has 0 aliphatic carbocycles. The van der Waals surface area contributed by atoms with Crippen LogP contribution in [0.3, 0.4) is 0 Å². The van der Waals surface area contributed by atoms with E-state index in [9.17, 15) is 50.8 Å². The number of phenols is 2. The minimum atomic E-state index is -1.91. The third-order valence-corrected chi connectivity index (χ3v) is 7.51. The van der Waals surface area contributed by atoms with Gasteiger partial charge in [0.15, 0.2) is 29.3 Å². The van der Waals surface area contributed by atoms with Gasteiger partial charge in [0, 0.05) is 17.7 Å². The monoisotopic (exact) mass is 624 g/mol.